The molecule has 5 aromatic heterocycles. The van der Waals surface area contributed by atoms with Crippen molar-refractivity contribution in [3.8, 4) is 39.9 Å². The fourth-order valence-corrected chi connectivity index (χ4v) is 10.6. The molecule has 0 N–H and O–H groups in total. The van der Waals surface area contributed by atoms with Gasteiger partial charge in [0.1, 0.15) is 22.3 Å². The van der Waals surface area contributed by atoms with Gasteiger partial charge in [-0.2, -0.15) is 9.97 Å². The summed E-state index contributed by atoms with van der Waals surface area (Å²) in [6.45, 7) is 10.6. The maximum absolute atomic E-state index is 6.39. The highest BCUT2D eigenvalue weighted by atomic mass is 32.1. The van der Waals surface area contributed by atoms with E-state index in [1.165, 1.54) is 26.6 Å². The van der Waals surface area contributed by atoms with E-state index in [1.807, 2.05) is 72.9 Å². The molecule has 0 amide bonds. The van der Waals surface area contributed by atoms with Crippen molar-refractivity contribution in [2.75, 3.05) is 0 Å². The van der Waals surface area contributed by atoms with E-state index in [9.17, 15) is 0 Å². The summed E-state index contributed by atoms with van der Waals surface area (Å²) in [5.74, 6) is 1.54. The third-order valence-electron chi connectivity index (χ3n) is 12.4. The van der Waals surface area contributed by atoms with Gasteiger partial charge >= 0.3 is 0 Å². The van der Waals surface area contributed by atoms with E-state index in [-0.39, 0.29) is 0 Å². The van der Waals surface area contributed by atoms with Gasteiger partial charge < -0.3 is 8.83 Å². The number of para-hydroxylation sites is 3. The van der Waals surface area contributed by atoms with Crippen LogP contribution in [0.2, 0.25) is 0 Å². The summed E-state index contributed by atoms with van der Waals surface area (Å²) in [4.78, 5) is 16.0. The zero-order valence-corrected chi connectivity index (χ0v) is 37.5. The summed E-state index contributed by atoms with van der Waals surface area (Å²) >= 11 is 1.82. The summed E-state index contributed by atoms with van der Waals surface area (Å²) in [6.07, 6.45) is 7.43. The van der Waals surface area contributed by atoms with E-state index >= 15 is 0 Å². The Hall–Kier alpha value is -8.13. The first-order valence-electron chi connectivity index (χ1n) is 22.4. The molecular weight excluding hydrogens is 829 g/mol. The van der Waals surface area contributed by atoms with Gasteiger partial charge in [-0.3, -0.25) is 4.57 Å². The van der Waals surface area contributed by atoms with Crippen LogP contribution in [0.1, 0.15) is 38.3 Å². The van der Waals surface area contributed by atoms with Gasteiger partial charge in [-0.1, -0.05) is 142 Å². The predicted molar refractivity (Wildman–Crippen MR) is 279 cm³/mol. The third kappa shape index (κ3) is 6.26. The van der Waals surface area contributed by atoms with Gasteiger partial charge in [0.2, 0.25) is 5.95 Å². The Balaban J connectivity index is 0.00000148. The third-order valence-corrected chi connectivity index (χ3v) is 13.5. The number of nitrogens with zero attached hydrogens (tertiary/aromatic N) is 4. The number of furan rings is 2. The molecule has 0 spiro atoms. The molecule has 13 rings (SSSR count). The van der Waals surface area contributed by atoms with E-state index in [4.69, 9.17) is 23.8 Å². The number of aromatic nitrogens is 4. The van der Waals surface area contributed by atoms with Crippen LogP contribution in [-0.2, 0) is 0 Å². The SMILES string of the molecule is C=Cc1c(/C=C\C)ccc2c1c1cccc(-c3ccc4sc5ccccc5c4c3)c1n2-c1nc(-c2ccc3c(c2)oc2ccccc23)nc(-c2ccc3c(c2)oc2ccccc23)n1.CCC. The van der Waals surface area contributed by atoms with Crippen LogP contribution >= 0.6 is 11.3 Å². The maximum Gasteiger partial charge on any atom is 0.238 e. The van der Waals surface area contributed by atoms with Crippen molar-refractivity contribution < 1.29 is 8.83 Å². The van der Waals surface area contributed by atoms with Crippen molar-refractivity contribution in [3.63, 3.8) is 0 Å². The van der Waals surface area contributed by atoms with Crippen LogP contribution in [0, 0.1) is 0 Å². The molecule has 0 fully saturated rings. The summed E-state index contributed by atoms with van der Waals surface area (Å²) in [5, 5.41) is 8.86. The molecule has 5 heterocycles. The van der Waals surface area contributed by atoms with Crippen LogP contribution in [0.4, 0.5) is 0 Å². The van der Waals surface area contributed by atoms with Crippen LogP contribution in [0.5, 0.6) is 0 Å². The number of hydrogen-bond acceptors (Lipinski definition) is 6. The number of allylic oxidation sites excluding steroid dienone is 1. The highest BCUT2D eigenvalue weighted by molar-refractivity contribution is 7.25. The van der Waals surface area contributed by atoms with Crippen molar-refractivity contribution in [2.24, 2.45) is 0 Å². The minimum atomic E-state index is 0.493. The van der Waals surface area contributed by atoms with Crippen molar-refractivity contribution in [2.45, 2.75) is 27.2 Å². The number of hydrogen-bond donors (Lipinski definition) is 0. The lowest BCUT2D eigenvalue weighted by Gasteiger charge is -2.13. The fourth-order valence-electron chi connectivity index (χ4n) is 9.53. The average molecular weight is 871 g/mol. The molecule has 316 valence electrons. The van der Waals surface area contributed by atoms with Crippen LogP contribution < -0.4 is 0 Å². The lowest BCUT2D eigenvalue weighted by atomic mass is 9.97. The van der Waals surface area contributed by atoms with Crippen LogP contribution in [0.25, 0.3) is 138 Å². The number of fused-ring (bicyclic) bond motifs is 12. The zero-order valence-electron chi connectivity index (χ0n) is 36.7. The molecule has 8 aromatic carbocycles. The lowest BCUT2D eigenvalue weighted by Crippen LogP contribution is -2.07. The first-order valence-corrected chi connectivity index (χ1v) is 23.2. The largest absolute Gasteiger partial charge is 0.456 e. The van der Waals surface area contributed by atoms with Crippen LogP contribution in [0.3, 0.4) is 0 Å². The summed E-state index contributed by atoms with van der Waals surface area (Å²) in [7, 11) is 0. The van der Waals surface area contributed by atoms with Crippen molar-refractivity contribution in [3.05, 3.63) is 182 Å². The second kappa shape index (κ2) is 15.8. The normalized spacial score (nSPS) is 11.9. The molecule has 66 heavy (non-hydrogen) atoms. The minimum Gasteiger partial charge on any atom is -0.456 e. The Bertz CT molecular complexity index is 3970. The Labute approximate surface area is 384 Å². The molecule has 0 atom stereocenters. The molecule has 0 aliphatic carbocycles. The van der Waals surface area contributed by atoms with E-state index in [0.29, 0.717) is 17.6 Å². The molecular formula is C59H42N4O2S. The highest BCUT2D eigenvalue weighted by Gasteiger charge is 2.24. The summed E-state index contributed by atoms with van der Waals surface area (Å²) < 4.78 is 17.5. The van der Waals surface area contributed by atoms with Gasteiger partial charge in [0.25, 0.3) is 0 Å². The first kappa shape index (κ1) is 39.5. The molecule has 0 aliphatic heterocycles. The van der Waals surface area contributed by atoms with E-state index in [0.717, 1.165) is 99.1 Å². The minimum absolute atomic E-state index is 0.493. The molecule has 0 saturated carbocycles. The Kier molecular flexibility index (Phi) is 9.47. The van der Waals surface area contributed by atoms with Crippen molar-refractivity contribution in [1.82, 2.24) is 19.5 Å². The summed E-state index contributed by atoms with van der Waals surface area (Å²) in [5.41, 5.74) is 11.1. The molecule has 0 saturated heterocycles. The van der Waals surface area contributed by atoms with Gasteiger partial charge in [0.05, 0.1) is 11.0 Å². The molecule has 6 nitrogen and oxygen atoms in total. The topological polar surface area (TPSA) is 69.9 Å². The molecule has 0 bridgehead atoms. The zero-order chi connectivity index (χ0) is 44.5. The molecule has 0 aliphatic rings. The lowest BCUT2D eigenvalue weighted by molar-refractivity contribution is 0.668. The van der Waals surface area contributed by atoms with Crippen molar-refractivity contribution >= 4 is 109 Å². The predicted octanol–water partition coefficient (Wildman–Crippen LogP) is 17.2. The standard InChI is InChI=1S/C56H34N4O2S.C3H8/c1-3-12-32-23-27-45-52(36(32)4-2)43-17-11-16-37(33-24-28-51-44(29-33)42-15-7-10-20-50(42)63-51)53(43)60(45)56-58-54(34-21-25-40-38-13-5-8-18-46(38)61-48(40)30-34)57-55(59-56)35-22-26-41-39-14-6-9-19-47(39)62-49(41)31-35;1-3-2/h3-31H,2H2,1H3;3H2,1-2H3/b12-3-;. The highest BCUT2D eigenvalue weighted by Crippen LogP contribution is 2.43. The average Bonchev–Trinajstić information content (AvgIpc) is 4.12. The van der Waals surface area contributed by atoms with Gasteiger partial charge in [-0.05, 0) is 84.3 Å². The van der Waals surface area contributed by atoms with Gasteiger partial charge in [0.15, 0.2) is 11.6 Å². The Morgan fingerprint density at radius 3 is 1.77 bits per heavy atom. The second-order valence-corrected chi connectivity index (χ2v) is 17.7. The molecule has 0 unspecified atom stereocenters. The fraction of sp³-hybridized carbons (Fsp3) is 0.0678. The monoisotopic (exact) mass is 870 g/mol. The molecule has 13 aromatic rings. The quantitative estimate of drug-likeness (QED) is 0.166. The van der Waals surface area contributed by atoms with E-state index < -0.39 is 0 Å². The maximum atomic E-state index is 6.39. The van der Waals surface area contributed by atoms with Gasteiger partial charge in [-0.25, -0.2) is 4.98 Å². The number of thiophene rings is 1. The van der Waals surface area contributed by atoms with Crippen LogP contribution in [0.15, 0.2) is 179 Å². The van der Waals surface area contributed by atoms with Crippen molar-refractivity contribution in [1.29, 1.82) is 0 Å². The smallest absolute Gasteiger partial charge is 0.238 e. The second-order valence-electron chi connectivity index (χ2n) is 16.6. The molecule has 7 heteroatoms. The number of rotatable bonds is 6. The first-order chi connectivity index (χ1) is 32.5. The van der Waals surface area contributed by atoms with Gasteiger partial charge in [-0.15, -0.1) is 11.3 Å². The van der Waals surface area contributed by atoms with E-state index in [1.54, 1.807) is 0 Å². The van der Waals surface area contributed by atoms with Gasteiger partial charge in [0, 0.05) is 69.2 Å². The Morgan fingerprint density at radius 1 is 0.545 bits per heavy atom. The van der Waals surface area contributed by atoms with Crippen LogP contribution in [-0.4, -0.2) is 19.5 Å². The summed E-state index contributed by atoms with van der Waals surface area (Å²) in [6, 6.07) is 55.0. The Morgan fingerprint density at radius 2 is 1.12 bits per heavy atom. The van der Waals surface area contributed by atoms with E-state index in [2.05, 4.69) is 146 Å². The number of benzene rings is 8. The molecule has 0 radical (unpaired) electrons.